The minimum atomic E-state index is -0.229. The summed E-state index contributed by atoms with van der Waals surface area (Å²) in [5.41, 5.74) is 3.05. The molecule has 1 nitrogen and oxygen atoms in total. The third-order valence-corrected chi connectivity index (χ3v) is 7.72. The number of carbonyl (C=O) groups excluding carboxylic acids is 1. The lowest BCUT2D eigenvalue weighted by Crippen LogP contribution is -2.36. The quantitative estimate of drug-likeness (QED) is 0.526. The lowest BCUT2D eigenvalue weighted by atomic mass is 9.70. The van der Waals surface area contributed by atoms with E-state index in [1.165, 1.54) is 5.56 Å². The van der Waals surface area contributed by atoms with E-state index in [0.29, 0.717) is 5.78 Å². The molecule has 1 aromatic rings. The molecule has 2 bridgehead atoms. The molecule has 20 heavy (non-hydrogen) atoms. The molecule has 0 spiro atoms. The predicted molar refractivity (Wildman–Crippen MR) is 86.9 cm³/mol. The fraction of sp³-hybridized carbons (Fsp3) is 0.500. The summed E-state index contributed by atoms with van der Waals surface area (Å²) in [7, 11) is 0. The largest absolute Gasteiger partial charge is 0.294 e. The molecule has 2 unspecified atom stereocenters. The van der Waals surface area contributed by atoms with E-state index in [9.17, 15) is 4.79 Å². The van der Waals surface area contributed by atoms with E-state index >= 15 is 0 Å². The monoisotopic (exact) mass is 332 g/mol. The fourth-order valence-electron chi connectivity index (χ4n) is 3.84. The van der Waals surface area contributed by atoms with Crippen molar-refractivity contribution < 1.29 is 4.79 Å². The van der Waals surface area contributed by atoms with Crippen molar-refractivity contribution in [3.8, 4) is 0 Å². The van der Waals surface area contributed by atoms with E-state index in [4.69, 9.17) is 0 Å². The zero-order valence-corrected chi connectivity index (χ0v) is 14.2. The summed E-state index contributed by atoms with van der Waals surface area (Å²) in [5.74, 6) is 0.325. The van der Waals surface area contributed by atoms with Crippen molar-refractivity contribution in [1.29, 1.82) is 0 Å². The van der Waals surface area contributed by atoms with Crippen molar-refractivity contribution in [1.82, 2.24) is 0 Å². The number of aryl methyl sites for hydroxylation is 1. The summed E-state index contributed by atoms with van der Waals surface area (Å²) in [5, 5.41) is 0. The van der Waals surface area contributed by atoms with Crippen LogP contribution >= 0.6 is 15.9 Å². The Balaban J connectivity index is 2.12. The summed E-state index contributed by atoms with van der Waals surface area (Å²) in [4.78, 5) is 12.9. The summed E-state index contributed by atoms with van der Waals surface area (Å²) >= 11 is 3.93. The SMILES string of the molecule is Cc1ccc(/C=C2/C(=O)C3(C)CCC2(Br)C3(C)C)cc1. The van der Waals surface area contributed by atoms with Crippen molar-refractivity contribution in [2.75, 3.05) is 0 Å². The molecule has 0 radical (unpaired) electrons. The minimum absolute atomic E-state index is 0.0341. The first-order valence-electron chi connectivity index (χ1n) is 7.25. The first-order chi connectivity index (χ1) is 9.22. The van der Waals surface area contributed by atoms with Gasteiger partial charge in [-0.3, -0.25) is 4.79 Å². The number of allylic oxidation sites excluding steroid dienone is 1. The van der Waals surface area contributed by atoms with Gasteiger partial charge in [0, 0.05) is 11.0 Å². The van der Waals surface area contributed by atoms with Crippen LogP contribution in [0.4, 0.5) is 0 Å². The molecule has 2 atom stereocenters. The Morgan fingerprint density at radius 3 is 2.20 bits per heavy atom. The standard InChI is InChI=1S/C18H21BrO/c1-12-5-7-13(8-6-12)11-14-15(20)17(4)9-10-18(14,19)16(17,2)3/h5-8,11H,9-10H2,1-4H3/b14-11-. The number of carbonyl (C=O) groups is 1. The lowest BCUT2D eigenvalue weighted by Gasteiger charge is -2.35. The highest BCUT2D eigenvalue weighted by Crippen LogP contribution is 2.71. The average molecular weight is 333 g/mol. The number of hydrogen-bond donors (Lipinski definition) is 0. The van der Waals surface area contributed by atoms with E-state index in [0.717, 1.165) is 24.0 Å². The van der Waals surface area contributed by atoms with E-state index in [-0.39, 0.29) is 15.2 Å². The van der Waals surface area contributed by atoms with E-state index in [1.54, 1.807) is 0 Å². The second-order valence-electron chi connectivity index (χ2n) is 7.06. The maximum atomic E-state index is 12.9. The summed E-state index contributed by atoms with van der Waals surface area (Å²) in [6.45, 7) is 8.66. The normalized spacial score (nSPS) is 36.9. The number of alkyl halides is 1. The second-order valence-corrected chi connectivity index (χ2v) is 8.41. The molecule has 2 aliphatic rings. The molecule has 2 saturated carbocycles. The van der Waals surface area contributed by atoms with Crippen LogP contribution in [-0.4, -0.2) is 10.1 Å². The first kappa shape index (κ1) is 14.1. The molecular weight excluding hydrogens is 312 g/mol. The Hall–Kier alpha value is -0.890. The van der Waals surface area contributed by atoms with E-state index in [2.05, 4.69) is 74.0 Å². The first-order valence-corrected chi connectivity index (χ1v) is 8.04. The smallest absolute Gasteiger partial charge is 0.166 e. The summed E-state index contributed by atoms with van der Waals surface area (Å²) < 4.78 is -0.170. The summed E-state index contributed by atoms with van der Waals surface area (Å²) in [6.07, 6.45) is 4.11. The van der Waals surface area contributed by atoms with Gasteiger partial charge in [0.1, 0.15) is 0 Å². The molecule has 0 aliphatic heterocycles. The maximum absolute atomic E-state index is 12.9. The van der Waals surface area contributed by atoms with Gasteiger partial charge in [0.25, 0.3) is 0 Å². The van der Waals surface area contributed by atoms with Gasteiger partial charge in [-0.2, -0.15) is 0 Å². The van der Waals surface area contributed by atoms with Crippen molar-refractivity contribution in [3.05, 3.63) is 41.0 Å². The van der Waals surface area contributed by atoms with Gasteiger partial charge in [-0.15, -0.1) is 0 Å². The Bertz CT molecular complexity index is 611. The Kier molecular flexibility index (Phi) is 2.86. The van der Waals surface area contributed by atoms with Gasteiger partial charge in [-0.05, 0) is 36.8 Å². The maximum Gasteiger partial charge on any atom is 0.166 e. The highest BCUT2D eigenvalue weighted by atomic mass is 79.9. The fourth-order valence-corrected chi connectivity index (χ4v) is 4.77. The molecule has 2 fully saturated rings. The van der Waals surface area contributed by atoms with Crippen LogP contribution in [0.25, 0.3) is 6.08 Å². The molecular formula is C18H21BrO. The van der Waals surface area contributed by atoms with Gasteiger partial charge in [0.05, 0.1) is 4.32 Å². The van der Waals surface area contributed by atoms with Crippen LogP contribution in [0.1, 0.15) is 44.7 Å². The molecule has 2 heteroatoms. The molecule has 0 heterocycles. The van der Waals surface area contributed by atoms with Gasteiger partial charge < -0.3 is 0 Å². The number of ketones is 1. The highest BCUT2D eigenvalue weighted by Gasteiger charge is 2.71. The van der Waals surface area contributed by atoms with Crippen molar-refractivity contribution >= 4 is 27.8 Å². The number of fused-ring (bicyclic) bond motifs is 2. The number of rotatable bonds is 1. The highest BCUT2D eigenvalue weighted by molar-refractivity contribution is 9.10. The number of benzene rings is 1. The molecule has 0 aromatic heterocycles. The number of halogens is 1. The Labute approximate surface area is 129 Å². The number of Topliss-reactive ketones (excluding diaryl/α,β-unsaturated/α-hetero) is 1. The topological polar surface area (TPSA) is 17.1 Å². The molecule has 3 rings (SSSR count). The van der Waals surface area contributed by atoms with Crippen LogP contribution in [0.2, 0.25) is 0 Å². The third-order valence-electron chi connectivity index (χ3n) is 5.90. The Morgan fingerprint density at radius 2 is 1.70 bits per heavy atom. The van der Waals surface area contributed by atoms with Crippen LogP contribution in [0.5, 0.6) is 0 Å². The van der Waals surface area contributed by atoms with E-state index < -0.39 is 0 Å². The van der Waals surface area contributed by atoms with Gasteiger partial charge in [-0.25, -0.2) is 0 Å². The minimum Gasteiger partial charge on any atom is -0.294 e. The van der Waals surface area contributed by atoms with Crippen LogP contribution in [-0.2, 0) is 4.79 Å². The molecule has 1 aromatic carbocycles. The zero-order valence-electron chi connectivity index (χ0n) is 12.6. The van der Waals surface area contributed by atoms with Crippen LogP contribution < -0.4 is 0 Å². The molecule has 0 amide bonds. The lowest BCUT2D eigenvalue weighted by molar-refractivity contribution is -0.125. The zero-order chi connectivity index (χ0) is 14.8. The number of hydrogen-bond acceptors (Lipinski definition) is 1. The van der Waals surface area contributed by atoms with Crippen LogP contribution in [0.3, 0.4) is 0 Å². The molecule has 106 valence electrons. The molecule has 0 N–H and O–H groups in total. The van der Waals surface area contributed by atoms with E-state index in [1.807, 2.05) is 0 Å². The van der Waals surface area contributed by atoms with Crippen molar-refractivity contribution in [2.24, 2.45) is 10.8 Å². The second kappa shape index (κ2) is 4.07. The third kappa shape index (κ3) is 1.52. The molecule has 2 aliphatic carbocycles. The van der Waals surface area contributed by atoms with Gasteiger partial charge in [0.2, 0.25) is 0 Å². The van der Waals surface area contributed by atoms with Crippen molar-refractivity contribution in [3.63, 3.8) is 0 Å². The summed E-state index contributed by atoms with van der Waals surface area (Å²) in [6, 6.07) is 8.37. The average Bonchev–Trinajstić information content (AvgIpc) is 2.64. The Morgan fingerprint density at radius 1 is 1.10 bits per heavy atom. The molecule has 0 saturated heterocycles. The van der Waals surface area contributed by atoms with Gasteiger partial charge in [-0.1, -0.05) is 66.5 Å². The van der Waals surface area contributed by atoms with Crippen LogP contribution in [0.15, 0.2) is 29.8 Å². The van der Waals surface area contributed by atoms with Crippen LogP contribution in [0, 0.1) is 17.8 Å². The van der Waals surface area contributed by atoms with Gasteiger partial charge in [0.15, 0.2) is 5.78 Å². The van der Waals surface area contributed by atoms with Crippen molar-refractivity contribution in [2.45, 2.75) is 44.9 Å². The van der Waals surface area contributed by atoms with Gasteiger partial charge >= 0.3 is 0 Å². The predicted octanol–water partition coefficient (Wildman–Crippen LogP) is 4.92.